The van der Waals surface area contributed by atoms with Crippen molar-refractivity contribution < 1.29 is 24.0 Å². The van der Waals surface area contributed by atoms with Gasteiger partial charge >= 0.3 is 5.97 Å². The zero-order valence-corrected chi connectivity index (χ0v) is 19.4. The summed E-state index contributed by atoms with van der Waals surface area (Å²) < 4.78 is 5.44. The molecule has 2 aliphatic rings. The van der Waals surface area contributed by atoms with Crippen molar-refractivity contribution in [3.63, 3.8) is 0 Å². The minimum atomic E-state index is -0.620. The summed E-state index contributed by atoms with van der Waals surface area (Å²) in [6.45, 7) is 3.32. The molecule has 3 atom stereocenters. The molecule has 0 spiro atoms. The predicted octanol–water partition coefficient (Wildman–Crippen LogP) is 3.17. The van der Waals surface area contributed by atoms with Gasteiger partial charge in [-0.25, -0.2) is 4.79 Å². The lowest BCUT2D eigenvalue weighted by Crippen LogP contribution is -2.61. The molecule has 0 unspecified atom stereocenters. The van der Waals surface area contributed by atoms with Crippen molar-refractivity contribution >= 4 is 47.0 Å². The molecular formula is C21H23N3O6S2. The van der Waals surface area contributed by atoms with Crippen LogP contribution in [0.1, 0.15) is 25.8 Å². The summed E-state index contributed by atoms with van der Waals surface area (Å²) in [5, 5.41) is 15.1. The number of thioether (sulfide) groups is 2. The van der Waals surface area contributed by atoms with E-state index in [-0.39, 0.29) is 47.0 Å². The van der Waals surface area contributed by atoms with E-state index < -0.39 is 10.9 Å². The van der Waals surface area contributed by atoms with Crippen molar-refractivity contribution in [3.05, 3.63) is 62.2 Å². The Kier molecular flexibility index (Phi) is 7.62. The molecule has 0 saturated carbocycles. The summed E-state index contributed by atoms with van der Waals surface area (Å²) in [5.74, 6) is -1.09. The second-order valence-electron chi connectivity index (χ2n) is 7.34. The number of nitrogens with zero attached hydrogens (tertiary/aromatic N) is 2. The number of fused-ring (bicyclic) bond motifs is 1. The molecule has 2 heterocycles. The molecule has 0 bridgehead atoms. The first-order valence-electron chi connectivity index (χ1n) is 9.82. The normalized spacial score (nSPS) is 20.7. The minimum Gasteiger partial charge on any atom is -0.456 e. The number of ether oxygens (including phenoxy) is 1. The maximum Gasteiger partial charge on any atom is 0.356 e. The molecule has 3 rings (SSSR count). The molecule has 1 saturated heterocycles. The third-order valence-electron chi connectivity index (χ3n) is 5.32. The smallest absolute Gasteiger partial charge is 0.356 e. The summed E-state index contributed by atoms with van der Waals surface area (Å²) in [7, 11) is 0. The van der Waals surface area contributed by atoms with Crippen LogP contribution < -0.4 is 5.32 Å². The van der Waals surface area contributed by atoms with Crippen LogP contribution >= 0.6 is 23.5 Å². The molecule has 2 aliphatic heterocycles. The molecule has 32 heavy (non-hydrogen) atoms. The van der Waals surface area contributed by atoms with Crippen molar-refractivity contribution in [2.24, 2.45) is 5.92 Å². The molecule has 0 aromatic heterocycles. The molecule has 1 aromatic carbocycles. The Morgan fingerprint density at radius 1 is 1.38 bits per heavy atom. The van der Waals surface area contributed by atoms with Gasteiger partial charge < -0.3 is 15.0 Å². The highest BCUT2D eigenvalue weighted by Gasteiger charge is 2.56. The Balaban J connectivity index is 1.75. The predicted molar refractivity (Wildman–Crippen MR) is 122 cm³/mol. The van der Waals surface area contributed by atoms with E-state index in [0.717, 1.165) is 0 Å². The van der Waals surface area contributed by atoms with Gasteiger partial charge in [-0.3, -0.25) is 19.7 Å². The number of β-lactam (4-membered cyclic amide) rings is 1. The molecule has 1 N–H and O–H groups in total. The minimum absolute atomic E-state index is 0.0498. The van der Waals surface area contributed by atoms with E-state index in [9.17, 15) is 24.5 Å². The SMILES string of the molecule is CS[C@@H](C)[C@H]1C(=O)N2C(C(=O)OCc3ccc([N+](=O)[O-])cc3)=C(S/C=C/NC(C)=O)C[C@H]12. The van der Waals surface area contributed by atoms with Gasteiger partial charge in [0.05, 0.1) is 16.9 Å². The van der Waals surface area contributed by atoms with E-state index in [4.69, 9.17) is 4.74 Å². The molecule has 2 amide bonds. The number of rotatable bonds is 9. The number of nitro benzene ring substituents is 1. The number of non-ortho nitro benzene ring substituents is 1. The molecule has 170 valence electrons. The zero-order valence-electron chi connectivity index (χ0n) is 17.8. The van der Waals surface area contributed by atoms with Gasteiger partial charge in [0.2, 0.25) is 11.8 Å². The number of benzene rings is 1. The number of esters is 1. The van der Waals surface area contributed by atoms with Gasteiger partial charge in [-0.2, -0.15) is 11.8 Å². The average Bonchev–Trinajstić information content (AvgIpc) is 3.09. The summed E-state index contributed by atoms with van der Waals surface area (Å²) in [4.78, 5) is 49.3. The Bertz CT molecular complexity index is 992. The monoisotopic (exact) mass is 477 g/mol. The molecular weight excluding hydrogens is 454 g/mol. The van der Waals surface area contributed by atoms with Crippen LogP contribution in [0.3, 0.4) is 0 Å². The van der Waals surface area contributed by atoms with Crippen molar-refractivity contribution in [1.29, 1.82) is 0 Å². The fourth-order valence-electron chi connectivity index (χ4n) is 3.66. The summed E-state index contributed by atoms with van der Waals surface area (Å²) in [6, 6.07) is 5.64. The maximum atomic E-state index is 12.9. The van der Waals surface area contributed by atoms with Crippen LogP contribution in [-0.4, -0.2) is 45.2 Å². The second-order valence-corrected chi connectivity index (χ2v) is 9.55. The number of hydrogen-bond acceptors (Lipinski definition) is 8. The average molecular weight is 478 g/mol. The first kappa shape index (κ1) is 23.9. The molecule has 0 radical (unpaired) electrons. The van der Waals surface area contributed by atoms with E-state index in [0.29, 0.717) is 16.9 Å². The number of hydrogen-bond donors (Lipinski definition) is 1. The van der Waals surface area contributed by atoms with Gasteiger partial charge in [-0.05, 0) is 29.4 Å². The molecule has 9 nitrogen and oxygen atoms in total. The zero-order chi connectivity index (χ0) is 23.4. The third kappa shape index (κ3) is 4.99. The Labute approximate surface area is 193 Å². The van der Waals surface area contributed by atoms with Gasteiger partial charge in [-0.1, -0.05) is 18.7 Å². The van der Waals surface area contributed by atoms with Crippen LogP contribution in [0.2, 0.25) is 0 Å². The molecule has 1 aromatic rings. The first-order chi connectivity index (χ1) is 15.2. The van der Waals surface area contributed by atoms with Gasteiger partial charge in [0.15, 0.2) is 0 Å². The second kappa shape index (κ2) is 10.2. The topological polar surface area (TPSA) is 119 Å². The highest BCUT2D eigenvalue weighted by atomic mass is 32.2. The van der Waals surface area contributed by atoms with Crippen LogP contribution in [0.15, 0.2) is 46.5 Å². The van der Waals surface area contributed by atoms with E-state index in [1.807, 2.05) is 13.2 Å². The maximum absolute atomic E-state index is 12.9. The van der Waals surface area contributed by atoms with Crippen molar-refractivity contribution in [1.82, 2.24) is 10.2 Å². The number of nitro groups is 1. The lowest BCUT2D eigenvalue weighted by molar-refractivity contribution is -0.384. The van der Waals surface area contributed by atoms with Crippen molar-refractivity contribution in [2.75, 3.05) is 6.26 Å². The van der Waals surface area contributed by atoms with Gasteiger partial charge in [0.1, 0.15) is 12.3 Å². The number of carbonyl (C=O) groups excluding carboxylic acids is 3. The molecule has 0 aliphatic carbocycles. The Morgan fingerprint density at radius 3 is 2.66 bits per heavy atom. The number of nitrogens with one attached hydrogen (secondary N) is 1. The van der Waals surface area contributed by atoms with E-state index in [1.165, 1.54) is 54.1 Å². The quantitative estimate of drug-likeness (QED) is 0.249. The highest BCUT2D eigenvalue weighted by molar-refractivity contribution is 8.05. The number of carbonyl (C=O) groups is 3. The van der Waals surface area contributed by atoms with Crippen LogP contribution in [0.25, 0.3) is 0 Å². The van der Waals surface area contributed by atoms with Crippen molar-refractivity contribution in [2.45, 2.75) is 38.2 Å². The van der Waals surface area contributed by atoms with Gasteiger partial charge in [-0.15, -0.1) is 0 Å². The van der Waals surface area contributed by atoms with Gasteiger partial charge in [0, 0.05) is 41.8 Å². The number of amides is 2. The van der Waals surface area contributed by atoms with E-state index in [1.54, 1.807) is 17.2 Å². The van der Waals surface area contributed by atoms with Crippen LogP contribution in [0, 0.1) is 16.0 Å². The van der Waals surface area contributed by atoms with Crippen LogP contribution in [0.4, 0.5) is 5.69 Å². The lowest BCUT2D eigenvalue weighted by Gasteiger charge is -2.45. The van der Waals surface area contributed by atoms with E-state index >= 15 is 0 Å². The summed E-state index contributed by atoms with van der Waals surface area (Å²) in [6.07, 6.45) is 3.98. The lowest BCUT2D eigenvalue weighted by atomic mass is 9.85. The third-order valence-corrected chi connectivity index (χ3v) is 7.27. The summed E-state index contributed by atoms with van der Waals surface area (Å²) in [5.41, 5.74) is 0.776. The Hall–Kier alpha value is -2.79. The van der Waals surface area contributed by atoms with E-state index in [2.05, 4.69) is 5.32 Å². The van der Waals surface area contributed by atoms with Crippen molar-refractivity contribution in [3.8, 4) is 0 Å². The molecule has 11 heteroatoms. The standard InChI is InChI=1S/C21H23N3O6S2/c1-12(31-3)18-16-10-17(32-9-8-22-13(2)25)19(23(16)20(18)26)21(27)30-11-14-4-6-15(7-5-14)24(28)29/h4-9,12,16,18H,10-11H2,1-3H3,(H,22,25)/b9-8+/t12-,16+,18+/m0/s1. The first-order valence-corrected chi connectivity index (χ1v) is 12.0. The largest absolute Gasteiger partial charge is 0.456 e. The fourth-order valence-corrected chi connectivity index (χ4v) is 5.11. The highest BCUT2D eigenvalue weighted by Crippen LogP contribution is 2.49. The van der Waals surface area contributed by atoms with Crippen LogP contribution in [-0.2, 0) is 25.7 Å². The Morgan fingerprint density at radius 2 is 2.06 bits per heavy atom. The molecule has 1 fully saturated rings. The van der Waals surface area contributed by atoms with Crippen LogP contribution in [0.5, 0.6) is 0 Å². The fraction of sp³-hybridized carbons (Fsp3) is 0.381. The van der Waals surface area contributed by atoms with Gasteiger partial charge in [0.25, 0.3) is 5.69 Å². The summed E-state index contributed by atoms with van der Waals surface area (Å²) >= 11 is 2.88.